The lowest BCUT2D eigenvalue weighted by Crippen LogP contribution is -2.58. The zero-order valence-electron chi connectivity index (χ0n) is 20.3. The van der Waals surface area contributed by atoms with Crippen LogP contribution in [-0.4, -0.2) is 65.4 Å². The maximum Gasteiger partial charge on any atom is 0.322 e. The summed E-state index contributed by atoms with van der Waals surface area (Å²) in [6.45, 7) is 4.14. The Morgan fingerprint density at radius 1 is 1.11 bits per heavy atom. The monoisotopic (exact) mass is 560 g/mol. The number of benzene rings is 2. The zero-order chi connectivity index (χ0) is 26.1. The number of anilines is 1. The first-order valence-corrected chi connectivity index (χ1v) is 13.8. The molecule has 3 aromatic rings. The molecular formula is C27H27Cl2FN4O2S. The summed E-state index contributed by atoms with van der Waals surface area (Å²) in [6.07, 6.45) is 0.864. The second kappa shape index (κ2) is 11.0. The molecule has 1 fully saturated rings. The summed E-state index contributed by atoms with van der Waals surface area (Å²) in [5, 5.41) is 5.55. The smallest absolute Gasteiger partial charge is 0.322 e. The lowest BCUT2D eigenvalue weighted by atomic mass is 9.93. The van der Waals surface area contributed by atoms with Crippen molar-refractivity contribution in [2.75, 3.05) is 38.0 Å². The Bertz CT molecular complexity index is 1320. The highest BCUT2D eigenvalue weighted by Crippen LogP contribution is 2.38. The van der Waals surface area contributed by atoms with Crippen molar-refractivity contribution in [2.45, 2.75) is 25.4 Å². The lowest BCUT2D eigenvalue weighted by molar-refractivity contribution is -0.135. The summed E-state index contributed by atoms with van der Waals surface area (Å²) in [4.78, 5) is 33.3. The van der Waals surface area contributed by atoms with Crippen LogP contribution >= 0.6 is 34.5 Å². The van der Waals surface area contributed by atoms with E-state index >= 15 is 0 Å². The molecule has 1 saturated heterocycles. The highest BCUT2D eigenvalue weighted by Gasteiger charge is 2.34. The number of nitrogens with one attached hydrogen (secondary N) is 1. The minimum Gasteiger partial charge on any atom is -0.338 e. The zero-order valence-corrected chi connectivity index (χ0v) is 22.6. The van der Waals surface area contributed by atoms with Gasteiger partial charge in [0.1, 0.15) is 5.82 Å². The Balaban J connectivity index is 1.25. The largest absolute Gasteiger partial charge is 0.338 e. The standard InChI is InChI=1S/C27H27Cl2FN4O2S/c1-17-15-32(11-12-34(17)27(36)31-22-7-3-6-21(28)25(22)29)24(35)16-33-10-8-23-20(9-13-37-23)26(33)18-4-2-5-19(30)14-18/h2-7,9,13-14,17,26H,8,10-12,15-16H2,1H3,(H,31,36). The molecule has 0 spiro atoms. The fourth-order valence-corrected chi connectivity index (χ4v) is 6.40. The Hall–Kier alpha value is -2.65. The Kier molecular flexibility index (Phi) is 7.72. The van der Waals surface area contributed by atoms with Crippen molar-refractivity contribution < 1.29 is 14.0 Å². The average Bonchev–Trinajstić information content (AvgIpc) is 3.35. The van der Waals surface area contributed by atoms with Crippen LogP contribution in [0.3, 0.4) is 0 Å². The molecule has 2 aliphatic heterocycles. The molecule has 5 rings (SSSR count). The maximum atomic E-state index is 14.1. The molecule has 2 aliphatic rings. The highest BCUT2D eigenvalue weighted by molar-refractivity contribution is 7.10. The molecule has 0 radical (unpaired) electrons. The van der Waals surface area contributed by atoms with E-state index in [-0.39, 0.29) is 36.4 Å². The van der Waals surface area contributed by atoms with E-state index in [9.17, 15) is 14.0 Å². The van der Waals surface area contributed by atoms with Gasteiger partial charge in [0.05, 0.1) is 28.3 Å². The third-order valence-electron chi connectivity index (χ3n) is 7.00. The van der Waals surface area contributed by atoms with Crippen molar-refractivity contribution in [3.8, 4) is 0 Å². The van der Waals surface area contributed by atoms with Crippen molar-refractivity contribution in [3.63, 3.8) is 0 Å². The van der Waals surface area contributed by atoms with E-state index < -0.39 is 0 Å². The molecule has 2 aromatic carbocycles. The summed E-state index contributed by atoms with van der Waals surface area (Å²) in [6, 6.07) is 13.2. The molecule has 0 saturated carbocycles. The van der Waals surface area contributed by atoms with Gasteiger partial charge in [-0.15, -0.1) is 11.3 Å². The molecule has 2 unspecified atom stereocenters. The number of fused-ring (bicyclic) bond motifs is 1. The first-order valence-electron chi connectivity index (χ1n) is 12.2. The van der Waals surface area contributed by atoms with Crippen LogP contribution in [0.1, 0.15) is 29.0 Å². The second-order valence-corrected chi connectivity index (χ2v) is 11.2. The normalized spacial score (nSPS) is 20.0. The molecule has 0 bridgehead atoms. The van der Waals surface area contributed by atoms with Gasteiger partial charge in [0.15, 0.2) is 0 Å². The van der Waals surface area contributed by atoms with Crippen LogP contribution in [0.5, 0.6) is 0 Å². The van der Waals surface area contributed by atoms with E-state index in [1.165, 1.54) is 10.9 Å². The molecule has 3 amide bonds. The van der Waals surface area contributed by atoms with Gasteiger partial charge in [-0.3, -0.25) is 9.69 Å². The SMILES string of the molecule is CC1CN(C(=O)CN2CCc3sccc3C2c2cccc(F)c2)CCN1C(=O)Nc1cccc(Cl)c1Cl. The number of hydrogen-bond acceptors (Lipinski definition) is 4. The van der Waals surface area contributed by atoms with Gasteiger partial charge < -0.3 is 15.1 Å². The van der Waals surface area contributed by atoms with Crippen molar-refractivity contribution in [2.24, 2.45) is 0 Å². The number of amides is 3. The highest BCUT2D eigenvalue weighted by atomic mass is 35.5. The average molecular weight is 562 g/mol. The first-order chi connectivity index (χ1) is 17.8. The van der Waals surface area contributed by atoms with Crippen LogP contribution in [0.15, 0.2) is 53.9 Å². The maximum absolute atomic E-state index is 14.1. The number of carbonyl (C=O) groups excluding carboxylic acids is 2. The molecule has 3 heterocycles. The number of nitrogens with zero attached hydrogens (tertiary/aromatic N) is 3. The number of rotatable bonds is 4. The molecule has 1 aromatic heterocycles. The third kappa shape index (κ3) is 5.48. The van der Waals surface area contributed by atoms with Crippen LogP contribution in [-0.2, 0) is 11.2 Å². The van der Waals surface area contributed by atoms with Gasteiger partial charge in [-0.25, -0.2) is 9.18 Å². The molecule has 194 valence electrons. The second-order valence-electron chi connectivity index (χ2n) is 9.39. The topological polar surface area (TPSA) is 55.9 Å². The van der Waals surface area contributed by atoms with Crippen LogP contribution in [0, 0.1) is 5.82 Å². The van der Waals surface area contributed by atoms with Gasteiger partial charge in [0.25, 0.3) is 0 Å². The number of carbonyl (C=O) groups is 2. The fraction of sp³-hybridized carbons (Fsp3) is 0.333. The fourth-order valence-electron chi connectivity index (χ4n) is 5.15. The number of hydrogen-bond donors (Lipinski definition) is 1. The van der Waals surface area contributed by atoms with E-state index in [4.69, 9.17) is 23.2 Å². The quantitative estimate of drug-likeness (QED) is 0.431. The van der Waals surface area contributed by atoms with E-state index in [1.807, 2.05) is 17.9 Å². The molecular weight excluding hydrogens is 534 g/mol. The van der Waals surface area contributed by atoms with E-state index in [0.29, 0.717) is 35.4 Å². The molecule has 1 N–H and O–H groups in total. The van der Waals surface area contributed by atoms with Crippen molar-refractivity contribution in [1.82, 2.24) is 14.7 Å². The molecule has 2 atom stereocenters. The van der Waals surface area contributed by atoms with Crippen LogP contribution < -0.4 is 5.32 Å². The van der Waals surface area contributed by atoms with Gasteiger partial charge in [0, 0.05) is 37.1 Å². The number of halogens is 3. The molecule has 37 heavy (non-hydrogen) atoms. The van der Waals surface area contributed by atoms with E-state index in [2.05, 4.69) is 21.7 Å². The summed E-state index contributed by atoms with van der Waals surface area (Å²) in [5.41, 5.74) is 2.44. The Morgan fingerprint density at radius 2 is 1.92 bits per heavy atom. The first kappa shape index (κ1) is 26.0. The van der Waals surface area contributed by atoms with Gasteiger partial charge in [-0.1, -0.05) is 41.4 Å². The predicted molar refractivity (Wildman–Crippen MR) is 146 cm³/mol. The van der Waals surface area contributed by atoms with Gasteiger partial charge >= 0.3 is 6.03 Å². The van der Waals surface area contributed by atoms with E-state index in [1.54, 1.807) is 46.6 Å². The van der Waals surface area contributed by atoms with E-state index in [0.717, 1.165) is 24.1 Å². The lowest BCUT2D eigenvalue weighted by Gasteiger charge is -2.41. The van der Waals surface area contributed by atoms with Gasteiger partial charge in [-0.05, 0) is 60.2 Å². The number of urea groups is 1. The molecule has 6 nitrogen and oxygen atoms in total. The molecule has 10 heteroatoms. The minimum absolute atomic E-state index is 0.00452. The summed E-state index contributed by atoms with van der Waals surface area (Å²) in [5.74, 6) is -0.279. The molecule has 0 aliphatic carbocycles. The van der Waals surface area contributed by atoms with Crippen LogP contribution in [0.4, 0.5) is 14.9 Å². The van der Waals surface area contributed by atoms with Crippen LogP contribution in [0.2, 0.25) is 10.0 Å². The van der Waals surface area contributed by atoms with Crippen molar-refractivity contribution in [3.05, 3.63) is 85.8 Å². The number of thiophene rings is 1. The van der Waals surface area contributed by atoms with Crippen molar-refractivity contribution >= 4 is 52.2 Å². The van der Waals surface area contributed by atoms with Crippen LogP contribution in [0.25, 0.3) is 0 Å². The Labute approximate surface area is 229 Å². The number of piperazine rings is 1. The van der Waals surface area contributed by atoms with Gasteiger partial charge in [0.2, 0.25) is 5.91 Å². The summed E-state index contributed by atoms with van der Waals surface area (Å²) < 4.78 is 14.1. The summed E-state index contributed by atoms with van der Waals surface area (Å²) >= 11 is 14.0. The third-order valence-corrected chi connectivity index (χ3v) is 8.82. The Morgan fingerprint density at radius 3 is 2.70 bits per heavy atom. The van der Waals surface area contributed by atoms with Crippen molar-refractivity contribution in [1.29, 1.82) is 0 Å². The minimum atomic E-state index is -0.284. The predicted octanol–water partition coefficient (Wildman–Crippen LogP) is 5.91. The summed E-state index contributed by atoms with van der Waals surface area (Å²) in [7, 11) is 0. The van der Waals surface area contributed by atoms with Gasteiger partial charge in [-0.2, -0.15) is 0 Å².